The first-order valence-corrected chi connectivity index (χ1v) is 6.71. The maximum Gasteiger partial charge on any atom is 0.148 e. The van der Waals surface area contributed by atoms with Gasteiger partial charge in [0.05, 0.1) is 17.4 Å². The van der Waals surface area contributed by atoms with Crippen LogP contribution in [0, 0.1) is 5.82 Å². The lowest BCUT2D eigenvalue weighted by Crippen LogP contribution is -2.60. The summed E-state index contributed by atoms with van der Waals surface area (Å²) in [6.07, 6.45) is 0. The molecule has 4 heteroatoms. The molecule has 1 atom stereocenters. The first kappa shape index (κ1) is 11.8. The lowest BCUT2D eigenvalue weighted by Gasteiger charge is -2.48. The largest absolute Gasteiger partial charge is 0.365 e. The highest BCUT2D eigenvalue weighted by molar-refractivity contribution is 5.75. The fraction of sp³-hybridized carbons (Fsp3) is 0.571. The van der Waals surface area contributed by atoms with Crippen LogP contribution in [-0.4, -0.2) is 38.3 Å². The van der Waals surface area contributed by atoms with Crippen molar-refractivity contribution in [1.82, 2.24) is 5.32 Å². The van der Waals surface area contributed by atoms with Crippen LogP contribution in [0.15, 0.2) is 18.2 Å². The maximum atomic E-state index is 14.2. The van der Waals surface area contributed by atoms with Crippen LogP contribution in [0.3, 0.4) is 0 Å². The van der Waals surface area contributed by atoms with Crippen molar-refractivity contribution in [3.8, 4) is 0 Å². The molecule has 0 bridgehead atoms. The Kier molecular flexibility index (Phi) is 2.90. The highest BCUT2D eigenvalue weighted by Gasteiger charge is 2.34. The summed E-state index contributed by atoms with van der Waals surface area (Å²) < 4.78 is 14.2. The van der Waals surface area contributed by atoms with E-state index in [1.165, 1.54) is 0 Å². The van der Waals surface area contributed by atoms with E-state index in [0.29, 0.717) is 12.1 Å². The minimum atomic E-state index is -0.0928. The fourth-order valence-electron chi connectivity index (χ4n) is 3.05. The zero-order chi connectivity index (χ0) is 12.7. The number of piperazine rings is 1. The van der Waals surface area contributed by atoms with Gasteiger partial charge in [0.1, 0.15) is 5.82 Å². The molecule has 1 N–H and O–H groups in total. The summed E-state index contributed by atoms with van der Waals surface area (Å²) in [7, 11) is 0. The number of benzene rings is 1. The van der Waals surface area contributed by atoms with E-state index in [-0.39, 0.29) is 5.82 Å². The quantitative estimate of drug-likeness (QED) is 0.819. The zero-order valence-electron chi connectivity index (χ0n) is 11.0. The lowest BCUT2D eigenvalue weighted by molar-refractivity contribution is 0.440. The normalized spacial score (nSPS) is 23.0. The van der Waals surface area contributed by atoms with Gasteiger partial charge >= 0.3 is 0 Å². The number of para-hydroxylation sites is 1. The van der Waals surface area contributed by atoms with Gasteiger partial charge in [0.15, 0.2) is 0 Å². The molecule has 0 spiro atoms. The molecule has 1 aromatic carbocycles. The number of nitrogens with one attached hydrogen (secondary N) is 1. The summed E-state index contributed by atoms with van der Waals surface area (Å²) in [5, 5.41) is 3.40. The molecule has 1 saturated heterocycles. The van der Waals surface area contributed by atoms with Crippen molar-refractivity contribution < 1.29 is 4.39 Å². The van der Waals surface area contributed by atoms with Crippen LogP contribution in [0.25, 0.3) is 0 Å². The Morgan fingerprint density at radius 2 is 2.22 bits per heavy atom. The smallest absolute Gasteiger partial charge is 0.148 e. The molecule has 18 heavy (non-hydrogen) atoms. The van der Waals surface area contributed by atoms with Gasteiger partial charge in [0.2, 0.25) is 0 Å². The first-order valence-electron chi connectivity index (χ1n) is 6.71. The number of fused-ring (bicyclic) bond motifs is 3. The Balaban J connectivity index is 2.09. The van der Waals surface area contributed by atoms with E-state index in [4.69, 9.17) is 0 Å². The Bertz CT molecular complexity index is 447. The molecule has 0 aliphatic carbocycles. The molecule has 3 nitrogen and oxygen atoms in total. The Morgan fingerprint density at radius 3 is 3.00 bits per heavy atom. The van der Waals surface area contributed by atoms with E-state index in [9.17, 15) is 4.39 Å². The van der Waals surface area contributed by atoms with E-state index >= 15 is 0 Å². The molecule has 2 heterocycles. The molecule has 98 valence electrons. The van der Waals surface area contributed by atoms with Gasteiger partial charge in [0.25, 0.3) is 0 Å². The van der Waals surface area contributed by atoms with Crippen molar-refractivity contribution in [2.24, 2.45) is 0 Å². The van der Waals surface area contributed by atoms with Crippen LogP contribution in [0.2, 0.25) is 0 Å². The predicted octanol–water partition coefficient (Wildman–Crippen LogP) is 1.83. The Hall–Kier alpha value is -1.29. The lowest BCUT2D eigenvalue weighted by atomic mass is 10.0. The van der Waals surface area contributed by atoms with Gasteiger partial charge < -0.3 is 15.1 Å². The van der Waals surface area contributed by atoms with Crippen molar-refractivity contribution >= 4 is 11.4 Å². The minimum absolute atomic E-state index is 0.0928. The second-order valence-corrected chi connectivity index (χ2v) is 5.41. The molecule has 2 aliphatic heterocycles. The van der Waals surface area contributed by atoms with E-state index in [2.05, 4.69) is 29.0 Å². The van der Waals surface area contributed by atoms with Crippen molar-refractivity contribution in [1.29, 1.82) is 0 Å². The molecule has 0 saturated carbocycles. The zero-order valence-corrected chi connectivity index (χ0v) is 11.0. The average molecular weight is 249 g/mol. The van der Waals surface area contributed by atoms with Gasteiger partial charge in [-0.1, -0.05) is 6.07 Å². The number of rotatable bonds is 1. The topological polar surface area (TPSA) is 18.5 Å². The van der Waals surface area contributed by atoms with E-state index < -0.39 is 0 Å². The average Bonchev–Trinajstić information content (AvgIpc) is 2.37. The molecular formula is C14H20FN3. The third-order valence-electron chi connectivity index (χ3n) is 3.94. The minimum Gasteiger partial charge on any atom is -0.365 e. The molecule has 0 aromatic heterocycles. The van der Waals surface area contributed by atoms with Gasteiger partial charge in [0, 0.05) is 32.2 Å². The summed E-state index contributed by atoms with van der Waals surface area (Å²) >= 11 is 0. The number of halogens is 1. The van der Waals surface area contributed by atoms with Gasteiger partial charge in [-0.2, -0.15) is 0 Å². The standard InChI is InChI=1S/C14H20FN3/c1-10(2)18-9-11-8-16-6-7-17(11)14-12(15)4-3-5-13(14)18/h3-5,10-11,16H,6-9H2,1-2H3. The third-order valence-corrected chi connectivity index (χ3v) is 3.94. The summed E-state index contributed by atoms with van der Waals surface area (Å²) in [5.41, 5.74) is 1.84. The van der Waals surface area contributed by atoms with E-state index in [1.807, 2.05) is 12.1 Å². The van der Waals surface area contributed by atoms with E-state index in [1.54, 1.807) is 6.07 Å². The molecule has 1 unspecified atom stereocenters. The van der Waals surface area contributed by atoms with Crippen molar-refractivity contribution in [3.05, 3.63) is 24.0 Å². The SMILES string of the molecule is CC(C)N1CC2CNCCN2c2c(F)cccc21. The Morgan fingerprint density at radius 1 is 1.39 bits per heavy atom. The number of hydrogen-bond donors (Lipinski definition) is 1. The molecule has 1 fully saturated rings. The second kappa shape index (κ2) is 4.43. The molecular weight excluding hydrogens is 229 g/mol. The van der Waals surface area contributed by atoms with Crippen LogP contribution in [0.5, 0.6) is 0 Å². The van der Waals surface area contributed by atoms with Crippen molar-refractivity contribution in [2.75, 3.05) is 36.0 Å². The fourth-order valence-corrected chi connectivity index (χ4v) is 3.05. The summed E-state index contributed by atoms with van der Waals surface area (Å²) in [5.74, 6) is -0.0928. The molecule has 1 aromatic rings. The van der Waals surface area contributed by atoms with Crippen molar-refractivity contribution in [3.63, 3.8) is 0 Å². The Labute approximate surface area is 108 Å². The molecule has 0 radical (unpaired) electrons. The van der Waals surface area contributed by atoms with Gasteiger partial charge in [-0.25, -0.2) is 4.39 Å². The molecule has 0 amide bonds. The summed E-state index contributed by atoms with van der Waals surface area (Å²) in [4.78, 5) is 4.55. The van der Waals surface area contributed by atoms with Gasteiger partial charge in [-0.15, -0.1) is 0 Å². The van der Waals surface area contributed by atoms with Crippen LogP contribution in [0.1, 0.15) is 13.8 Å². The molecule has 2 aliphatic rings. The van der Waals surface area contributed by atoms with E-state index in [0.717, 1.165) is 37.6 Å². The van der Waals surface area contributed by atoms with Gasteiger partial charge in [-0.3, -0.25) is 0 Å². The van der Waals surface area contributed by atoms with Crippen LogP contribution in [0.4, 0.5) is 15.8 Å². The highest BCUT2D eigenvalue weighted by atomic mass is 19.1. The summed E-state index contributed by atoms with van der Waals surface area (Å²) in [6, 6.07) is 6.20. The highest BCUT2D eigenvalue weighted by Crippen LogP contribution is 2.38. The maximum absolute atomic E-state index is 14.2. The monoisotopic (exact) mass is 249 g/mol. The number of nitrogens with zero attached hydrogens (tertiary/aromatic N) is 2. The predicted molar refractivity (Wildman–Crippen MR) is 72.9 cm³/mol. The third kappa shape index (κ3) is 1.75. The van der Waals surface area contributed by atoms with Crippen LogP contribution >= 0.6 is 0 Å². The van der Waals surface area contributed by atoms with Crippen LogP contribution < -0.4 is 15.1 Å². The summed E-state index contributed by atoms with van der Waals surface area (Å²) in [6.45, 7) is 8.08. The number of hydrogen-bond acceptors (Lipinski definition) is 3. The number of anilines is 2. The van der Waals surface area contributed by atoms with Crippen LogP contribution in [-0.2, 0) is 0 Å². The van der Waals surface area contributed by atoms with Gasteiger partial charge in [-0.05, 0) is 26.0 Å². The first-order chi connectivity index (χ1) is 8.68. The second-order valence-electron chi connectivity index (χ2n) is 5.41. The van der Waals surface area contributed by atoms with Crippen molar-refractivity contribution in [2.45, 2.75) is 25.9 Å². The molecule has 3 rings (SSSR count).